The number of anilines is 1. The fourth-order valence-electron chi connectivity index (χ4n) is 2.93. The minimum atomic E-state index is -0.820. The molecule has 1 amide bonds. The van der Waals surface area contributed by atoms with Crippen molar-refractivity contribution in [2.24, 2.45) is 0 Å². The smallest absolute Gasteiger partial charge is 0.325 e. The Bertz CT molecular complexity index is 535. The molecule has 19 heavy (non-hydrogen) atoms. The van der Waals surface area contributed by atoms with Gasteiger partial charge in [0.15, 0.2) is 0 Å². The molecule has 1 aromatic carbocycles. The lowest BCUT2D eigenvalue weighted by atomic mass is 10.0. The average molecular weight is 260 g/mol. The summed E-state index contributed by atoms with van der Waals surface area (Å²) in [6.07, 6.45) is 2.44. The van der Waals surface area contributed by atoms with Crippen molar-refractivity contribution >= 4 is 17.6 Å². The summed E-state index contributed by atoms with van der Waals surface area (Å²) in [7, 11) is 0. The maximum atomic E-state index is 11.5. The molecule has 0 radical (unpaired) electrons. The normalized spacial score (nSPS) is 20.1. The Labute approximate surface area is 111 Å². The highest BCUT2D eigenvalue weighted by Crippen LogP contribution is 2.30. The highest BCUT2D eigenvalue weighted by atomic mass is 16.4. The first-order valence-corrected chi connectivity index (χ1v) is 6.55. The van der Waals surface area contributed by atoms with E-state index < -0.39 is 12.0 Å². The molecule has 0 bridgehead atoms. The Balaban J connectivity index is 1.93. The van der Waals surface area contributed by atoms with Gasteiger partial charge in [0.1, 0.15) is 6.04 Å². The van der Waals surface area contributed by atoms with E-state index in [0.717, 1.165) is 42.7 Å². The molecule has 5 nitrogen and oxygen atoms in total. The average Bonchev–Trinajstić information content (AvgIpc) is 2.96. The molecule has 0 spiro atoms. The topological polar surface area (TPSA) is 69.6 Å². The third kappa shape index (κ3) is 2.21. The van der Waals surface area contributed by atoms with E-state index in [1.54, 1.807) is 0 Å². The number of carboxylic acids is 1. The van der Waals surface area contributed by atoms with Gasteiger partial charge in [-0.1, -0.05) is 12.1 Å². The van der Waals surface area contributed by atoms with Crippen LogP contribution in [0.3, 0.4) is 0 Å². The molecule has 2 N–H and O–H groups in total. The second-order valence-electron chi connectivity index (χ2n) is 5.13. The first kappa shape index (κ1) is 12.2. The lowest BCUT2D eigenvalue weighted by Crippen LogP contribution is -2.31. The van der Waals surface area contributed by atoms with Gasteiger partial charge in [-0.25, -0.2) is 0 Å². The Kier molecular flexibility index (Phi) is 2.98. The predicted octanol–water partition coefficient (Wildman–Crippen LogP) is 1.40. The van der Waals surface area contributed by atoms with E-state index in [0.29, 0.717) is 6.42 Å². The monoisotopic (exact) mass is 260 g/mol. The lowest BCUT2D eigenvalue weighted by Gasteiger charge is -2.24. The van der Waals surface area contributed by atoms with Crippen molar-refractivity contribution in [3.05, 3.63) is 29.3 Å². The van der Waals surface area contributed by atoms with Crippen molar-refractivity contribution in [3.63, 3.8) is 0 Å². The Morgan fingerprint density at radius 3 is 2.74 bits per heavy atom. The van der Waals surface area contributed by atoms with Gasteiger partial charge in [0.25, 0.3) is 0 Å². The van der Waals surface area contributed by atoms with Gasteiger partial charge >= 0.3 is 5.97 Å². The fourth-order valence-corrected chi connectivity index (χ4v) is 2.93. The van der Waals surface area contributed by atoms with Crippen molar-refractivity contribution in [3.8, 4) is 0 Å². The molecule has 1 saturated heterocycles. The molecular weight excluding hydrogens is 244 g/mol. The van der Waals surface area contributed by atoms with E-state index in [4.69, 9.17) is 0 Å². The summed E-state index contributed by atoms with van der Waals surface area (Å²) in [6, 6.07) is 4.87. The molecule has 1 unspecified atom stereocenters. The van der Waals surface area contributed by atoms with Crippen LogP contribution in [0.4, 0.5) is 5.69 Å². The van der Waals surface area contributed by atoms with Gasteiger partial charge in [-0.15, -0.1) is 0 Å². The minimum absolute atomic E-state index is 0.0276. The molecule has 2 heterocycles. The third-order valence-electron chi connectivity index (χ3n) is 3.81. The maximum Gasteiger partial charge on any atom is 0.325 e. The number of nitrogens with zero attached hydrogens (tertiary/aromatic N) is 1. The van der Waals surface area contributed by atoms with Gasteiger partial charge < -0.3 is 10.4 Å². The molecule has 2 aliphatic rings. The number of hydrogen-bond donors (Lipinski definition) is 2. The Morgan fingerprint density at radius 1 is 1.32 bits per heavy atom. The van der Waals surface area contributed by atoms with Gasteiger partial charge in [-0.2, -0.15) is 0 Å². The van der Waals surface area contributed by atoms with Crippen LogP contribution in [0.25, 0.3) is 0 Å². The van der Waals surface area contributed by atoms with E-state index in [1.165, 1.54) is 0 Å². The zero-order valence-corrected chi connectivity index (χ0v) is 10.6. The largest absolute Gasteiger partial charge is 0.480 e. The van der Waals surface area contributed by atoms with Gasteiger partial charge in [0.2, 0.25) is 5.91 Å². The van der Waals surface area contributed by atoms with Gasteiger partial charge in [0.05, 0.1) is 6.42 Å². The number of fused-ring (bicyclic) bond motifs is 1. The summed E-state index contributed by atoms with van der Waals surface area (Å²) in [4.78, 5) is 24.9. The minimum Gasteiger partial charge on any atom is -0.480 e. The van der Waals surface area contributed by atoms with Crippen molar-refractivity contribution in [2.45, 2.75) is 25.3 Å². The molecule has 2 aliphatic heterocycles. The fraction of sp³-hybridized carbons (Fsp3) is 0.429. The van der Waals surface area contributed by atoms with Gasteiger partial charge in [-0.3, -0.25) is 14.5 Å². The number of likely N-dealkylation sites (tertiary alicyclic amines) is 1. The molecule has 0 aliphatic carbocycles. The molecule has 1 atom stereocenters. The van der Waals surface area contributed by atoms with Crippen molar-refractivity contribution < 1.29 is 14.7 Å². The number of carbonyl (C=O) groups is 2. The van der Waals surface area contributed by atoms with Crippen molar-refractivity contribution in [1.29, 1.82) is 0 Å². The highest BCUT2D eigenvalue weighted by Gasteiger charge is 2.30. The van der Waals surface area contributed by atoms with E-state index in [9.17, 15) is 14.7 Å². The van der Waals surface area contributed by atoms with Crippen LogP contribution in [0.5, 0.6) is 0 Å². The van der Waals surface area contributed by atoms with Crippen LogP contribution in [0.2, 0.25) is 0 Å². The molecule has 3 rings (SSSR count). The quantitative estimate of drug-likeness (QED) is 0.862. The van der Waals surface area contributed by atoms with Gasteiger partial charge in [-0.05, 0) is 43.1 Å². The maximum absolute atomic E-state index is 11.5. The molecule has 0 saturated carbocycles. The van der Waals surface area contributed by atoms with Crippen molar-refractivity contribution in [2.75, 3.05) is 18.4 Å². The van der Waals surface area contributed by atoms with Gasteiger partial charge in [0, 0.05) is 5.69 Å². The summed E-state index contributed by atoms with van der Waals surface area (Å²) in [5.41, 5.74) is 2.47. The number of rotatable bonds is 3. The van der Waals surface area contributed by atoms with Crippen LogP contribution < -0.4 is 5.32 Å². The molecule has 5 heteroatoms. The predicted molar refractivity (Wildman–Crippen MR) is 70.0 cm³/mol. The summed E-state index contributed by atoms with van der Waals surface area (Å²) in [6.45, 7) is 1.65. The van der Waals surface area contributed by atoms with Crippen LogP contribution >= 0.6 is 0 Å². The lowest BCUT2D eigenvalue weighted by molar-refractivity contribution is -0.143. The molecule has 1 aromatic rings. The second-order valence-corrected chi connectivity index (χ2v) is 5.13. The Morgan fingerprint density at radius 2 is 2.05 bits per heavy atom. The first-order valence-electron chi connectivity index (χ1n) is 6.55. The van der Waals surface area contributed by atoms with Crippen molar-refractivity contribution in [1.82, 2.24) is 4.90 Å². The highest BCUT2D eigenvalue weighted by molar-refractivity contribution is 5.99. The number of amides is 1. The van der Waals surface area contributed by atoms with Crippen LogP contribution in [-0.4, -0.2) is 35.0 Å². The third-order valence-corrected chi connectivity index (χ3v) is 3.81. The first-order chi connectivity index (χ1) is 9.15. The SMILES string of the molecule is O=C1Cc2cc(C(C(=O)O)N3CCCC3)ccc2N1. The number of carboxylic acid groups (broad SMARTS) is 1. The van der Waals surface area contributed by atoms with E-state index in [2.05, 4.69) is 5.32 Å². The number of aliphatic carboxylic acids is 1. The van der Waals surface area contributed by atoms with Crippen LogP contribution in [0, 0.1) is 0 Å². The second kappa shape index (κ2) is 4.66. The molecule has 100 valence electrons. The summed E-state index contributed by atoms with van der Waals surface area (Å²) < 4.78 is 0. The van der Waals surface area contributed by atoms with Crippen LogP contribution in [-0.2, 0) is 16.0 Å². The number of hydrogen-bond acceptors (Lipinski definition) is 3. The van der Waals surface area contributed by atoms with E-state index in [1.807, 2.05) is 23.1 Å². The van der Waals surface area contributed by atoms with Crippen LogP contribution in [0.1, 0.15) is 30.0 Å². The summed E-state index contributed by atoms with van der Waals surface area (Å²) >= 11 is 0. The van der Waals surface area contributed by atoms with Crippen LogP contribution in [0.15, 0.2) is 18.2 Å². The molecule has 1 fully saturated rings. The standard InChI is InChI=1S/C14H16N2O3/c17-12-8-10-7-9(3-4-11(10)15-12)13(14(18)19)16-5-1-2-6-16/h3-4,7,13H,1-2,5-6,8H2,(H,15,17)(H,18,19). The number of carbonyl (C=O) groups excluding carboxylic acids is 1. The summed E-state index contributed by atoms with van der Waals surface area (Å²) in [5, 5.41) is 12.2. The van der Waals surface area contributed by atoms with E-state index in [-0.39, 0.29) is 5.91 Å². The number of nitrogens with one attached hydrogen (secondary N) is 1. The molecule has 0 aromatic heterocycles. The zero-order valence-electron chi connectivity index (χ0n) is 10.6. The Hall–Kier alpha value is -1.88. The molecular formula is C14H16N2O3. The van der Waals surface area contributed by atoms with E-state index >= 15 is 0 Å². The number of benzene rings is 1. The zero-order chi connectivity index (χ0) is 13.4. The summed E-state index contributed by atoms with van der Waals surface area (Å²) in [5.74, 6) is -0.848.